The molecule has 2 aromatic carbocycles. The van der Waals surface area contributed by atoms with Gasteiger partial charge in [0.25, 0.3) is 0 Å². The first kappa shape index (κ1) is 20.5. The van der Waals surface area contributed by atoms with Crippen molar-refractivity contribution in [1.82, 2.24) is 0 Å². The van der Waals surface area contributed by atoms with Crippen LogP contribution in [0.15, 0.2) is 48.5 Å². The van der Waals surface area contributed by atoms with E-state index in [-0.39, 0.29) is 5.82 Å². The molecule has 4 rings (SSSR count). The van der Waals surface area contributed by atoms with Crippen LogP contribution >= 0.6 is 0 Å². The lowest BCUT2D eigenvalue weighted by molar-refractivity contribution is 0.314. The lowest BCUT2D eigenvalue weighted by atomic mass is 9.81. The molecule has 3 nitrogen and oxygen atoms in total. The predicted molar refractivity (Wildman–Crippen MR) is 105 cm³/mol. The van der Waals surface area contributed by atoms with Crippen LogP contribution in [-0.2, 0) is 6.42 Å². The van der Waals surface area contributed by atoms with Gasteiger partial charge in [0.15, 0.2) is 6.04 Å². The van der Waals surface area contributed by atoms with Crippen LogP contribution in [0.1, 0.15) is 48.8 Å². The van der Waals surface area contributed by atoms with Crippen molar-refractivity contribution in [1.29, 1.82) is 10.5 Å². The fourth-order valence-corrected chi connectivity index (χ4v) is 2.63. The summed E-state index contributed by atoms with van der Waals surface area (Å²) in [5.41, 5.74) is 7.95. The first-order valence-corrected chi connectivity index (χ1v) is 9.34. The van der Waals surface area contributed by atoms with Crippen molar-refractivity contribution in [2.75, 3.05) is 0 Å². The van der Waals surface area contributed by atoms with Crippen LogP contribution in [0.5, 0.6) is 0 Å². The highest BCUT2D eigenvalue weighted by Gasteiger charge is 2.22. The largest absolute Gasteiger partial charge is 0.290 e. The van der Waals surface area contributed by atoms with E-state index in [4.69, 9.17) is 16.3 Å². The number of nitriles is 2. The highest BCUT2D eigenvalue weighted by Crippen LogP contribution is 2.29. The van der Waals surface area contributed by atoms with Crippen molar-refractivity contribution in [2.45, 2.75) is 44.6 Å². The summed E-state index contributed by atoms with van der Waals surface area (Å²) < 4.78 is 12.1. The summed E-state index contributed by atoms with van der Waals surface area (Å²) in [6, 6.07) is 17.8. The summed E-state index contributed by atoms with van der Waals surface area (Å²) in [6.07, 6.45) is 9.95. The van der Waals surface area contributed by atoms with Gasteiger partial charge in [-0.15, -0.1) is 0 Å². The first-order valence-electron chi connectivity index (χ1n) is 9.34. The number of hydrogen-bond acceptors (Lipinski definition) is 3. The molecule has 2 N–H and O–H groups in total. The maximum atomic E-state index is 12.1. The zero-order valence-electron chi connectivity index (χ0n) is 15.4. The van der Waals surface area contributed by atoms with Crippen LogP contribution in [0.3, 0.4) is 0 Å². The second-order valence-electron chi connectivity index (χ2n) is 6.91. The third kappa shape index (κ3) is 7.52. The van der Waals surface area contributed by atoms with Crippen LogP contribution < -0.4 is 5.73 Å². The van der Waals surface area contributed by atoms with E-state index in [1.807, 2.05) is 18.2 Å². The monoisotopic (exact) mass is 362 g/mol. The lowest BCUT2D eigenvalue weighted by Crippen LogP contribution is -2.28. The third-order valence-corrected chi connectivity index (χ3v) is 4.77. The molecule has 1 unspecified atom stereocenters. The van der Waals surface area contributed by atoms with Crippen LogP contribution in [0.2, 0.25) is 0 Å². The summed E-state index contributed by atoms with van der Waals surface area (Å²) in [4.78, 5) is 0. The molecule has 0 radical (unpaired) electrons. The summed E-state index contributed by atoms with van der Waals surface area (Å²) in [5.74, 6) is 0.599. The Balaban J connectivity index is 0.000000161. The molecule has 27 heavy (non-hydrogen) atoms. The minimum Gasteiger partial charge on any atom is -0.290 e. The van der Waals surface area contributed by atoms with Crippen molar-refractivity contribution in [2.24, 2.45) is 11.7 Å². The Bertz CT molecular complexity index is 761. The number of rotatable bonds is 2. The highest BCUT2D eigenvalue weighted by atomic mass is 19.1. The number of halogens is 1. The standard InChI is InChI=1S/C12H13N.C7H4FN.C4H8N/c13-9-12-6-4-11(5-7-12)8-10-2-1-3-10;8-7-3-1-6(5-9)2-4-7;5-4-2-1-3-4/h4-7,10H,1-3,8H2;1-4H;2,4H,1,3,5H2/q;;+1. The Morgan fingerprint density at radius 1 is 0.926 bits per heavy atom. The van der Waals surface area contributed by atoms with E-state index in [1.165, 1.54) is 68.4 Å². The fraction of sp³-hybridized carbons (Fsp3) is 0.348. The van der Waals surface area contributed by atoms with Gasteiger partial charge < -0.3 is 0 Å². The molecule has 0 bridgehead atoms. The number of hydrogen-bond donors (Lipinski definition) is 1. The highest BCUT2D eigenvalue weighted by molar-refractivity contribution is 5.31. The lowest BCUT2D eigenvalue weighted by Gasteiger charge is -2.25. The molecule has 0 aromatic heterocycles. The normalized spacial score (nSPS) is 17.1. The zero-order valence-corrected chi connectivity index (χ0v) is 15.4. The zero-order chi connectivity index (χ0) is 19.5. The maximum absolute atomic E-state index is 12.1. The molecule has 0 spiro atoms. The molecule has 2 aromatic rings. The van der Waals surface area contributed by atoms with E-state index in [0.29, 0.717) is 11.6 Å². The third-order valence-electron chi connectivity index (χ3n) is 4.77. The second-order valence-corrected chi connectivity index (χ2v) is 6.91. The van der Waals surface area contributed by atoms with Gasteiger partial charge in [0.05, 0.1) is 36.1 Å². The van der Waals surface area contributed by atoms with E-state index in [2.05, 4.69) is 24.6 Å². The van der Waals surface area contributed by atoms with E-state index in [1.54, 1.807) is 0 Å². The Morgan fingerprint density at radius 2 is 1.41 bits per heavy atom. The van der Waals surface area contributed by atoms with Crippen LogP contribution in [0.25, 0.3) is 0 Å². The van der Waals surface area contributed by atoms with Crippen LogP contribution in [0, 0.1) is 40.8 Å². The minimum atomic E-state index is -0.311. The summed E-state index contributed by atoms with van der Waals surface area (Å²) >= 11 is 0. The van der Waals surface area contributed by atoms with Crippen molar-refractivity contribution < 1.29 is 4.39 Å². The maximum Gasteiger partial charge on any atom is 0.150 e. The van der Waals surface area contributed by atoms with E-state index in [0.717, 1.165) is 11.5 Å². The summed E-state index contributed by atoms with van der Waals surface area (Å²) in [6.45, 7) is 0. The summed E-state index contributed by atoms with van der Waals surface area (Å²) in [5, 5.41) is 16.9. The molecule has 138 valence electrons. The van der Waals surface area contributed by atoms with Crippen LogP contribution in [0.4, 0.5) is 4.39 Å². The Hall–Kier alpha value is -2.82. The molecule has 2 aliphatic rings. The van der Waals surface area contributed by atoms with Gasteiger partial charge in [-0.1, -0.05) is 31.4 Å². The Labute approximate surface area is 161 Å². The molecule has 0 heterocycles. The average Bonchev–Trinajstić information content (AvgIpc) is 2.65. The molecule has 2 aliphatic carbocycles. The smallest absolute Gasteiger partial charge is 0.150 e. The molecule has 1 atom stereocenters. The Kier molecular flexibility index (Phi) is 8.36. The summed E-state index contributed by atoms with van der Waals surface area (Å²) in [7, 11) is 0. The SMILES string of the molecule is N#Cc1ccc(CC2CCC2)cc1.N#Cc1ccc(F)cc1.NC1[CH+]CC1. The molecule has 0 saturated heterocycles. The van der Waals surface area contributed by atoms with Gasteiger partial charge in [-0.05, 0) is 54.3 Å². The predicted octanol–water partition coefficient (Wildman–Crippen LogP) is 4.91. The second kappa shape index (κ2) is 11.0. The molecule has 2 saturated carbocycles. The molecule has 0 aliphatic heterocycles. The van der Waals surface area contributed by atoms with Crippen molar-refractivity contribution in [3.8, 4) is 12.1 Å². The van der Waals surface area contributed by atoms with Gasteiger partial charge >= 0.3 is 0 Å². The Morgan fingerprint density at radius 3 is 1.74 bits per heavy atom. The molecule has 2 fully saturated rings. The van der Waals surface area contributed by atoms with Crippen molar-refractivity contribution >= 4 is 0 Å². The van der Waals surface area contributed by atoms with E-state index in [9.17, 15) is 4.39 Å². The van der Waals surface area contributed by atoms with Crippen molar-refractivity contribution in [3.05, 3.63) is 77.5 Å². The van der Waals surface area contributed by atoms with Crippen molar-refractivity contribution in [3.63, 3.8) is 0 Å². The number of nitrogens with zero attached hydrogens (tertiary/aromatic N) is 2. The van der Waals surface area contributed by atoms with Gasteiger partial charge in [0.2, 0.25) is 0 Å². The average molecular weight is 362 g/mol. The fourth-order valence-electron chi connectivity index (χ4n) is 2.63. The molecule has 4 heteroatoms. The number of nitrogens with two attached hydrogens (primary N) is 1. The molecular weight excluding hydrogens is 337 g/mol. The van der Waals surface area contributed by atoms with E-state index >= 15 is 0 Å². The van der Waals surface area contributed by atoms with Gasteiger partial charge in [0.1, 0.15) is 5.82 Å². The molecule has 0 amide bonds. The van der Waals surface area contributed by atoms with Crippen LogP contribution in [-0.4, -0.2) is 6.04 Å². The number of benzene rings is 2. The topological polar surface area (TPSA) is 73.6 Å². The van der Waals surface area contributed by atoms with Gasteiger partial charge in [0, 0.05) is 6.42 Å². The quantitative estimate of drug-likeness (QED) is 0.771. The minimum absolute atomic E-state index is 0.311. The van der Waals surface area contributed by atoms with Gasteiger partial charge in [-0.3, -0.25) is 5.73 Å². The van der Waals surface area contributed by atoms with Gasteiger partial charge in [-0.25, -0.2) is 4.39 Å². The van der Waals surface area contributed by atoms with Gasteiger partial charge in [-0.2, -0.15) is 10.5 Å². The molecular formula is C23H25FN3+. The first-order chi connectivity index (χ1) is 13.1. The van der Waals surface area contributed by atoms with E-state index < -0.39 is 0 Å².